The van der Waals surface area contributed by atoms with Gasteiger partial charge in [0.15, 0.2) is 5.78 Å². The molecule has 1 aliphatic rings. The maximum atomic E-state index is 13.6. The van der Waals surface area contributed by atoms with Crippen LogP contribution in [0.15, 0.2) is 72.8 Å². The second-order valence-corrected chi connectivity index (χ2v) is 12.0. The van der Waals surface area contributed by atoms with E-state index in [4.69, 9.17) is 15.2 Å². The second-order valence-electron chi connectivity index (χ2n) is 12.0. The molecule has 11 nitrogen and oxygen atoms in total. The van der Waals surface area contributed by atoms with Gasteiger partial charge in [0.1, 0.15) is 13.2 Å². The molecule has 0 aliphatic heterocycles. The summed E-state index contributed by atoms with van der Waals surface area (Å²) >= 11 is 0. The van der Waals surface area contributed by atoms with E-state index in [1.165, 1.54) is 6.92 Å². The van der Waals surface area contributed by atoms with Crippen molar-refractivity contribution in [2.24, 2.45) is 17.6 Å². The van der Waals surface area contributed by atoms with E-state index in [1.54, 1.807) is 24.3 Å². The third kappa shape index (κ3) is 9.65. The summed E-state index contributed by atoms with van der Waals surface area (Å²) in [7, 11) is 0. The number of primary amides is 1. The molecule has 0 bridgehead atoms. The van der Waals surface area contributed by atoms with Gasteiger partial charge in [-0.05, 0) is 58.7 Å². The minimum atomic E-state index is -0.884. The number of nitrogens with two attached hydrogens (primary N) is 1. The summed E-state index contributed by atoms with van der Waals surface area (Å²) in [5, 5.41) is 8.08. The van der Waals surface area contributed by atoms with Crippen LogP contribution in [-0.4, -0.2) is 49.0 Å². The van der Waals surface area contributed by atoms with Crippen LogP contribution in [0, 0.1) is 11.8 Å². The van der Waals surface area contributed by atoms with Crippen LogP contribution in [0.3, 0.4) is 0 Å². The molecule has 0 heterocycles. The highest BCUT2D eigenvalue weighted by Gasteiger charge is 2.32. The molecular formula is C36H42N4O7. The first-order valence-electron chi connectivity index (χ1n) is 15.7. The first-order valence-corrected chi connectivity index (χ1v) is 15.7. The Morgan fingerprint density at radius 2 is 1.47 bits per heavy atom. The van der Waals surface area contributed by atoms with Gasteiger partial charge >= 0.3 is 18.1 Å². The highest BCUT2D eigenvalue weighted by Crippen LogP contribution is 2.44. The van der Waals surface area contributed by atoms with Gasteiger partial charge in [-0.15, -0.1) is 0 Å². The summed E-state index contributed by atoms with van der Waals surface area (Å²) in [6, 6.07) is 21.3. The van der Waals surface area contributed by atoms with Crippen LogP contribution in [-0.2, 0) is 30.5 Å². The number of ether oxygens (including phenoxy) is 2. The van der Waals surface area contributed by atoms with Crippen molar-refractivity contribution in [2.45, 2.75) is 58.6 Å². The zero-order valence-corrected chi connectivity index (χ0v) is 26.9. The molecule has 0 fully saturated rings. The van der Waals surface area contributed by atoms with E-state index in [2.05, 4.69) is 28.1 Å². The largest absolute Gasteiger partial charge is 0.461 e. The molecule has 248 valence electrons. The molecule has 0 radical (unpaired) electrons. The number of amides is 4. The van der Waals surface area contributed by atoms with Crippen molar-refractivity contribution in [3.63, 3.8) is 0 Å². The van der Waals surface area contributed by atoms with Crippen molar-refractivity contribution in [1.82, 2.24) is 10.6 Å². The van der Waals surface area contributed by atoms with E-state index in [1.807, 2.05) is 50.2 Å². The molecule has 0 saturated heterocycles. The number of benzene rings is 3. The summed E-state index contributed by atoms with van der Waals surface area (Å²) in [6.45, 7) is 5.41. The maximum Gasteiger partial charge on any atom is 0.407 e. The number of hydrogen-bond donors (Lipinski definition) is 4. The molecular weight excluding hydrogens is 600 g/mol. The van der Waals surface area contributed by atoms with Crippen LogP contribution in [0.2, 0.25) is 0 Å². The number of ketones is 1. The van der Waals surface area contributed by atoms with Crippen LogP contribution in [0.5, 0.6) is 0 Å². The quantitative estimate of drug-likeness (QED) is 0.129. The van der Waals surface area contributed by atoms with E-state index in [0.29, 0.717) is 12.1 Å². The Balaban J connectivity index is 1.39. The van der Waals surface area contributed by atoms with Gasteiger partial charge in [0.2, 0.25) is 5.91 Å². The zero-order valence-electron chi connectivity index (χ0n) is 26.9. The SMILES string of the molecule is CC(=O)OCc1ccc(NC(=O)[C@H](CCCNC(N)=O)CC(=O)[C@@H](NC(=O)OCC2c3ccccc3-c3ccccc32)C(C)C)cc1. The summed E-state index contributed by atoms with van der Waals surface area (Å²) in [6.07, 6.45) is -0.154. The lowest BCUT2D eigenvalue weighted by molar-refractivity contribution is -0.142. The third-order valence-corrected chi connectivity index (χ3v) is 8.14. The number of carbonyl (C=O) groups excluding carboxylic acids is 5. The Labute approximate surface area is 274 Å². The van der Waals surface area contributed by atoms with Gasteiger partial charge in [0, 0.05) is 37.4 Å². The van der Waals surface area contributed by atoms with Crippen LogP contribution in [0.1, 0.15) is 62.6 Å². The number of anilines is 1. The standard InChI is InChI=1S/C36H42N4O7/c1-22(2)33(40-36(45)47-21-31-29-12-6-4-10-27(29)28-11-5-7-13-30(28)31)32(42)19-25(9-8-18-38-35(37)44)34(43)39-26-16-14-24(15-17-26)20-46-23(3)41/h4-7,10-17,22,25,31,33H,8-9,18-21H2,1-3H3,(H,39,43)(H,40,45)(H3,37,38,44)/t25-,33+/m1/s1. The van der Waals surface area contributed by atoms with Crippen molar-refractivity contribution < 1.29 is 33.4 Å². The summed E-state index contributed by atoms with van der Waals surface area (Å²) in [4.78, 5) is 62.3. The number of rotatable bonds is 15. The monoisotopic (exact) mass is 642 g/mol. The number of Topliss-reactive ketones (excluding diaryl/α,β-unsaturated/α-hetero) is 1. The van der Waals surface area contributed by atoms with Gasteiger partial charge in [0.25, 0.3) is 0 Å². The van der Waals surface area contributed by atoms with Crippen molar-refractivity contribution in [3.05, 3.63) is 89.5 Å². The Hall–Kier alpha value is -5.19. The van der Waals surface area contributed by atoms with Gasteiger partial charge in [-0.1, -0.05) is 74.5 Å². The lowest BCUT2D eigenvalue weighted by atomic mass is 9.89. The average Bonchev–Trinajstić information content (AvgIpc) is 3.36. The van der Waals surface area contributed by atoms with Crippen molar-refractivity contribution in [2.75, 3.05) is 18.5 Å². The smallest absolute Gasteiger partial charge is 0.407 e. The lowest BCUT2D eigenvalue weighted by Crippen LogP contribution is -2.46. The summed E-state index contributed by atoms with van der Waals surface area (Å²) < 4.78 is 10.7. The molecule has 4 amide bonds. The number of urea groups is 1. The fraction of sp³-hybridized carbons (Fsp3) is 0.361. The van der Waals surface area contributed by atoms with Gasteiger partial charge < -0.3 is 31.2 Å². The fourth-order valence-corrected chi connectivity index (χ4v) is 5.76. The van der Waals surface area contributed by atoms with E-state index in [-0.39, 0.29) is 56.1 Å². The molecule has 11 heteroatoms. The van der Waals surface area contributed by atoms with Crippen LogP contribution in [0.4, 0.5) is 15.3 Å². The number of nitrogens with one attached hydrogen (secondary N) is 3. The van der Waals surface area contributed by atoms with Gasteiger partial charge in [0.05, 0.1) is 6.04 Å². The molecule has 47 heavy (non-hydrogen) atoms. The average molecular weight is 643 g/mol. The molecule has 0 unspecified atom stereocenters. The normalized spacial score (nSPS) is 13.1. The zero-order chi connectivity index (χ0) is 33.9. The molecule has 1 aliphatic carbocycles. The van der Waals surface area contributed by atoms with Crippen molar-refractivity contribution in [1.29, 1.82) is 0 Å². The highest BCUT2D eigenvalue weighted by molar-refractivity contribution is 5.97. The number of carbonyl (C=O) groups is 5. The number of alkyl carbamates (subject to hydrolysis) is 1. The maximum absolute atomic E-state index is 13.6. The summed E-state index contributed by atoms with van der Waals surface area (Å²) in [5.41, 5.74) is 10.8. The van der Waals surface area contributed by atoms with Crippen LogP contribution in [0.25, 0.3) is 11.1 Å². The Kier molecular flexibility index (Phi) is 12.1. The van der Waals surface area contributed by atoms with Crippen molar-refractivity contribution >= 4 is 35.5 Å². The second kappa shape index (κ2) is 16.4. The van der Waals surface area contributed by atoms with Gasteiger partial charge in [-0.2, -0.15) is 0 Å². The lowest BCUT2D eigenvalue weighted by Gasteiger charge is -2.24. The molecule has 3 aromatic carbocycles. The molecule has 5 N–H and O–H groups in total. The topological polar surface area (TPSA) is 166 Å². The van der Waals surface area contributed by atoms with Crippen LogP contribution >= 0.6 is 0 Å². The number of hydrogen-bond acceptors (Lipinski definition) is 7. The highest BCUT2D eigenvalue weighted by atomic mass is 16.5. The number of fused-ring (bicyclic) bond motifs is 3. The minimum absolute atomic E-state index is 0.108. The minimum Gasteiger partial charge on any atom is -0.461 e. The van der Waals surface area contributed by atoms with Gasteiger partial charge in [-0.25, -0.2) is 9.59 Å². The van der Waals surface area contributed by atoms with Crippen molar-refractivity contribution in [3.8, 4) is 11.1 Å². The number of esters is 1. The third-order valence-electron chi connectivity index (χ3n) is 8.14. The first kappa shape index (κ1) is 34.7. The predicted molar refractivity (Wildman–Crippen MR) is 177 cm³/mol. The Morgan fingerprint density at radius 3 is 2.04 bits per heavy atom. The Morgan fingerprint density at radius 1 is 0.851 bits per heavy atom. The summed E-state index contributed by atoms with van der Waals surface area (Å²) in [5.74, 6) is -2.23. The van der Waals surface area contributed by atoms with E-state index >= 15 is 0 Å². The fourth-order valence-electron chi connectivity index (χ4n) is 5.76. The van der Waals surface area contributed by atoms with E-state index < -0.39 is 30.1 Å². The van der Waals surface area contributed by atoms with Crippen LogP contribution < -0.4 is 21.7 Å². The molecule has 2 atom stereocenters. The first-order chi connectivity index (χ1) is 22.5. The molecule has 3 aromatic rings. The molecule has 0 spiro atoms. The Bertz CT molecular complexity index is 1540. The van der Waals surface area contributed by atoms with Gasteiger partial charge in [-0.3, -0.25) is 14.4 Å². The van der Waals surface area contributed by atoms with E-state index in [9.17, 15) is 24.0 Å². The molecule has 4 rings (SSSR count). The van der Waals surface area contributed by atoms with E-state index in [0.717, 1.165) is 27.8 Å². The predicted octanol–water partition coefficient (Wildman–Crippen LogP) is 5.28. The molecule has 0 aromatic heterocycles. The molecule has 0 saturated carbocycles.